The molecule has 2 atom stereocenters. The number of carbonyl (C=O) groups is 4. The molecule has 1 aromatic carbocycles. The Morgan fingerprint density at radius 1 is 0.923 bits per heavy atom. The first-order valence-corrected chi connectivity index (χ1v) is 10.1. The smallest absolute Gasteiger partial charge is 0.329 e. The molecule has 2 N–H and O–H groups in total. The van der Waals surface area contributed by atoms with Gasteiger partial charge in [0.25, 0.3) is 11.8 Å². The number of hydrogen-bond donors (Lipinski definition) is 2. The Balaban J connectivity index is 2.32. The predicted molar refractivity (Wildman–Crippen MR) is 97.9 cm³/mol. The quantitative estimate of drug-likeness (QED) is 0.551. The minimum atomic E-state index is -0.852. The molecule has 0 saturated carbocycles. The van der Waals surface area contributed by atoms with Crippen LogP contribution in [0.15, 0.2) is 24.3 Å². The van der Waals surface area contributed by atoms with Gasteiger partial charge in [-0.2, -0.15) is 0 Å². The summed E-state index contributed by atoms with van der Waals surface area (Å²) < 4.78 is 9.44. The van der Waals surface area contributed by atoms with E-state index < -0.39 is 35.8 Å². The third-order valence-electron chi connectivity index (χ3n) is 3.52. The van der Waals surface area contributed by atoms with Crippen LogP contribution in [-0.2, 0) is 19.1 Å². The van der Waals surface area contributed by atoms with E-state index in [2.05, 4.69) is 10.6 Å². The minimum absolute atomic E-state index is 0.220. The van der Waals surface area contributed by atoms with Crippen molar-refractivity contribution in [2.45, 2.75) is 12.1 Å². The number of rotatable bonds is 2. The maximum Gasteiger partial charge on any atom is 0.329 e. The highest BCUT2D eigenvalue weighted by Gasteiger charge is 2.26. The molecule has 0 saturated heterocycles. The number of ether oxygens (including phenoxy) is 2. The maximum atomic E-state index is 12.4. The van der Waals surface area contributed by atoms with Gasteiger partial charge >= 0.3 is 11.9 Å². The first kappa shape index (κ1) is 20.1. The van der Waals surface area contributed by atoms with E-state index in [1.54, 1.807) is 6.07 Å². The van der Waals surface area contributed by atoms with Crippen LogP contribution in [0, 0.1) is 0 Å². The molecule has 0 aliphatic carbocycles. The SMILES string of the molecule is COC(=O)C1CSSC[C@@H](C(=O)OC)NC(=O)c2cccc(c2)C(=O)N1. The van der Waals surface area contributed by atoms with E-state index in [0.29, 0.717) is 0 Å². The van der Waals surface area contributed by atoms with Gasteiger partial charge < -0.3 is 20.1 Å². The molecule has 0 radical (unpaired) electrons. The molecule has 1 heterocycles. The van der Waals surface area contributed by atoms with Crippen molar-refractivity contribution in [1.82, 2.24) is 10.6 Å². The molecule has 8 nitrogen and oxygen atoms in total. The molecule has 140 valence electrons. The van der Waals surface area contributed by atoms with Crippen LogP contribution in [0.2, 0.25) is 0 Å². The molecule has 2 bridgehead atoms. The first-order valence-electron chi connectivity index (χ1n) is 7.58. The Morgan fingerprint density at radius 2 is 1.35 bits per heavy atom. The lowest BCUT2D eigenvalue weighted by atomic mass is 10.1. The normalized spacial score (nSPS) is 21.2. The van der Waals surface area contributed by atoms with E-state index in [9.17, 15) is 19.2 Å². The summed E-state index contributed by atoms with van der Waals surface area (Å²) in [5, 5.41) is 5.21. The average molecular weight is 398 g/mol. The highest BCUT2D eigenvalue weighted by molar-refractivity contribution is 8.76. The van der Waals surface area contributed by atoms with Gasteiger partial charge in [-0.1, -0.05) is 27.7 Å². The lowest BCUT2D eigenvalue weighted by molar-refractivity contribution is -0.143. The fraction of sp³-hybridized carbons (Fsp3) is 0.375. The zero-order valence-electron chi connectivity index (χ0n) is 14.1. The van der Waals surface area contributed by atoms with E-state index in [1.807, 2.05) is 0 Å². The number of carbonyl (C=O) groups excluding carboxylic acids is 4. The average Bonchev–Trinajstić information content (AvgIpc) is 2.67. The van der Waals surface area contributed by atoms with Gasteiger partial charge in [-0.3, -0.25) is 9.59 Å². The summed E-state index contributed by atoms with van der Waals surface area (Å²) in [5.74, 6) is -1.66. The zero-order chi connectivity index (χ0) is 19.1. The van der Waals surface area contributed by atoms with Crippen LogP contribution < -0.4 is 10.6 Å². The van der Waals surface area contributed by atoms with Gasteiger partial charge in [-0.25, -0.2) is 9.59 Å². The van der Waals surface area contributed by atoms with E-state index in [1.165, 1.54) is 54.0 Å². The Labute approximate surface area is 158 Å². The largest absolute Gasteiger partial charge is 0.467 e. The van der Waals surface area contributed by atoms with Crippen LogP contribution in [0.5, 0.6) is 0 Å². The molecule has 1 aliphatic heterocycles. The Hall–Kier alpha value is -2.20. The maximum absolute atomic E-state index is 12.4. The Kier molecular flexibility index (Phi) is 7.34. The third kappa shape index (κ3) is 5.15. The lowest BCUT2D eigenvalue weighted by Gasteiger charge is -2.17. The number of amides is 2. The fourth-order valence-electron chi connectivity index (χ4n) is 2.14. The van der Waals surface area contributed by atoms with Crippen molar-refractivity contribution in [3.8, 4) is 0 Å². The predicted octanol–water partition coefficient (Wildman–Crippen LogP) is 0.624. The van der Waals surface area contributed by atoms with Crippen LogP contribution in [0.3, 0.4) is 0 Å². The lowest BCUT2D eigenvalue weighted by Crippen LogP contribution is -2.43. The van der Waals surface area contributed by atoms with Crippen molar-refractivity contribution in [3.63, 3.8) is 0 Å². The molecule has 10 heteroatoms. The summed E-state index contributed by atoms with van der Waals surface area (Å²) in [6.45, 7) is 0. The fourth-order valence-corrected chi connectivity index (χ4v) is 4.44. The number of nitrogens with one attached hydrogen (secondary N) is 2. The highest BCUT2D eigenvalue weighted by Crippen LogP contribution is 2.24. The van der Waals surface area contributed by atoms with Crippen molar-refractivity contribution in [2.75, 3.05) is 25.7 Å². The molecular formula is C16H18N2O6S2. The highest BCUT2D eigenvalue weighted by atomic mass is 33.1. The van der Waals surface area contributed by atoms with Crippen LogP contribution in [0.1, 0.15) is 20.7 Å². The summed E-state index contributed by atoms with van der Waals surface area (Å²) in [7, 11) is 5.03. The molecule has 1 aromatic rings. The second-order valence-electron chi connectivity index (χ2n) is 5.25. The van der Waals surface area contributed by atoms with Gasteiger partial charge in [0.05, 0.1) is 14.2 Å². The molecule has 1 unspecified atom stereocenters. The molecule has 0 fully saturated rings. The van der Waals surface area contributed by atoms with Gasteiger partial charge in [-0.05, 0) is 18.2 Å². The topological polar surface area (TPSA) is 111 Å². The van der Waals surface area contributed by atoms with Crippen molar-refractivity contribution in [3.05, 3.63) is 35.4 Å². The number of esters is 2. The molecule has 2 rings (SSSR count). The molecule has 2 amide bonds. The van der Waals surface area contributed by atoms with Gasteiger partial charge in [0.1, 0.15) is 12.1 Å². The van der Waals surface area contributed by atoms with Gasteiger partial charge in [-0.15, -0.1) is 0 Å². The number of benzene rings is 1. The van der Waals surface area contributed by atoms with Crippen LogP contribution >= 0.6 is 21.6 Å². The first-order chi connectivity index (χ1) is 12.5. The van der Waals surface area contributed by atoms with Gasteiger partial charge in [0, 0.05) is 22.6 Å². The molecule has 0 spiro atoms. The third-order valence-corrected chi connectivity index (χ3v) is 5.94. The monoisotopic (exact) mass is 398 g/mol. The number of hydrogen-bond acceptors (Lipinski definition) is 8. The van der Waals surface area contributed by atoms with Gasteiger partial charge in [0.15, 0.2) is 0 Å². The van der Waals surface area contributed by atoms with Crippen LogP contribution in [0.25, 0.3) is 0 Å². The van der Waals surface area contributed by atoms with E-state index in [-0.39, 0.29) is 22.6 Å². The standard InChI is InChI=1S/C16H18N2O6S2/c1-23-15(21)11-7-25-26-8-12(16(22)24-2)18-14(20)10-5-3-4-9(6-10)13(19)17-11/h3-6,11-12H,7-8H2,1-2H3,(H,17,19)(H,18,20)/t11-,12?/m0/s1. The minimum Gasteiger partial charge on any atom is -0.467 e. The second kappa shape index (κ2) is 9.48. The van der Waals surface area contributed by atoms with Gasteiger partial charge in [0.2, 0.25) is 0 Å². The van der Waals surface area contributed by atoms with E-state index in [0.717, 1.165) is 0 Å². The summed E-state index contributed by atoms with van der Waals surface area (Å²) in [6, 6.07) is 4.29. The molecular weight excluding hydrogens is 380 g/mol. The van der Waals surface area contributed by atoms with Crippen molar-refractivity contribution in [2.24, 2.45) is 0 Å². The van der Waals surface area contributed by atoms with E-state index in [4.69, 9.17) is 9.47 Å². The molecule has 26 heavy (non-hydrogen) atoms. The summed E-state index contributed by atoms with van der Waals surface area (Å²) in [4.78, 5) is 48.6. The van der Waals surface area contributed by atoms with Crippen molar-refractivity contribution >= 4 is 45.3 Å². The number of methoxy groups -OCH3 is 2. The van der Waals surface area contributed by atoms with Crippen molar-refractivity contribution < 1.29 is 28.7 Å². The van der Waals surface area contributed by atoms with Crippen LogP contribution in [0.4, 0.5) is 0 Å². The Morgan fingerprint density at radius 3 is 1.73 bits per heavy atom. The Bertz CT molecular complexity index is 656. The van der Waals surface area contributed by atoms with Crippen molar-refractivity contribution in [1.29, 1.82) is 0 Å². The number of fused-ring (bicyclic) bond motifs is 2. The van der Waals surface area contributed by atoms with Crippen LogP contribution in [-0.4, -0.2) is 61.6 Å². The summed E-state index contributed by atoms with van der Waals surface area (Å²) in [5.41, 5.74) is 0.441. The van der Waals surface area contributed by atoms with E-state index >= 15 is 0 Å². The molecule has 0 aromatic heterocycles. The summed E-state index contributed by atoms with van der Waals surface area (Å²) in [6.07, 6.45) is 0. The zero-order valence-corrected chi connectivity index (χ0v) is 15.8. The molecule has 1 aliphatic rings. The second-order valence-corrected chi connectivity index (χ2v) is 7.80. The summed E-state index contributed by atoms with van der Waals surface area (Å²) >= 11 is 0.